The minimum atomic E-state index is -4.17. The molecule has 0 fully saturated rings. The van der Waals surface area contributed by atoms with Gasteiger partial charge in [0.15, 0.2) is 0 Å². The lowest BCUT2D eigenvalue weighted by Gasteiger charge is -2.34. The molecule has 0 aromatic heterocycles. The van der Waals surface area contributed by atoms with Crippen LogP contribution in [0.15, 0.2) is 108 Å². The van der Waals surface area contributed by atoms with Crippen LogP contribution in [0.3, 0.4) is 0 Å². The summed E-state index contributed by atoms with van der Waals surface area (Å²) in [5.74, 6) is -0.890. The Labute approximate surface area is 275 Å². The smallest absolute Gasteiger partial charge is 0.264 e. The number of nitrogens with zero attached hydrogens (tertiary/aromatic N) is 2. The van der Waals surface area contributed by atoms with Crippen LogP contribution < -0.4 is 9.62 Å². The van der Waals surface area contributed by atoms with Gasteiger partial charge in [0.1, 0.15) is 12.6 Å². The largest absolute Gasteiger partial charge is 0.352 e. The SMILES string of the molecule is CC[C@@H](C)NC(=O)[C@H](Cc1ccccc1)N(Cc1ccc(Cl)c(Cl)c1)C(=O)CN(c1ccccc1C)S(=O)(=O)c1ccccc1. The van der Waals surface area contributed by atoms with Gasteiger partial charge in [-0.3, -0.25) is 13.9 Å². The van der Waals surface area contributed by atoms with E-state index in [0.717, 1.165) is 9.87 Å². The van der Waals surface area contributed by atoms with Crippen LogP contribution in [0.4, 0.5) is 5.69 Å². The van der Waals surface area contributed by atoms with Gasteiger partial charge in [-0.05, 0) is 67.3 Å². The van der Waals surface area contributed by atoms with E-state index >= 15 is 0 Å². The molecule has 2 amide bonds. The van der Waals surface area contributed by atoms with Gasteiger partial charge in [0.25, 0.3) is 10.0 Å². The molecule has 0 unspecified atom stereocenters. The van der Waals surface area contributed by atoms with E-state index in [9.17, 15) is 18.0 Å². The minimum Gasteiger partial charge on any atom is -0.352 e. The van der Waals surface area contributed by atoms with E-state index in [-0.39, 0.29) is 29.8 Å². The number of anilines is 1. The summed E-state index contributed by atoms with van der Waals surface area (Å²) in [6.07, 6.45) is 0.910. The predicted molar refractivity (Wildman–Crippen MR) is 181 cm³/mol. The van der Waals surface area contributed by atoms with E-state index in [1.54, 1.807) is 67.6 Å². The first-order valence-corrected chi connectivity index (χ1v) is 16.9. The lowest BCUT2D eigenvalue weighted by Crippen LogP contribution is -2.54. The minimum absolute atomic E-state index is 0.00581. The third-order valence-electron chi connectivity index (χ3n) is 7.60. The summed E-state index contributed by atoms with van der Waals surface area (Å²) in [6.45, 7) is 5.11. The Balaban J connectivity index is 1.82. The molecule has 4 rings (SSSR count). The van der Waals surface area contributed by atoms with E-state index < -0.39 is 28.5 Å². The highest BCUT2D eigenvalue weighted by atomic mass is 35.5. The fraction of sp³-hybridized carbons (Fsp3) is 0.257. The van der Waals surface area contributed by atoms with E-state index in [4.69, 9.17) is 23.2 Å². The summed E-state index contributed by atoms with van der Waals surface area (Å²) in [5.41, 5.74) is 2.53. The van der Waals surface area contributed by atoms with Crippen molar-refractivity contribution >= 4 is 50.7 Å². The zero-order valence-electron chi connectivity index (χ0n) is 25.5. The van der Waals surface area contributed by atoms with Gasteiger partial charge >= 0.3 is 0 Å². The highest BCUT2D eigenvalue weighted by molar-refractivity contribution is 7.92. The number of hydrogen-bond acceptors (Lipinski definition) is 4. The number of carbonyl (C=O) groups excluding carboxylic acids is 2. The molecule has 0 aliphatic carbocycles. The van der Waals surface area contributed by atoms with Crippen molar-refractivity contribution in [2.45, 2.75) is 57.1 Å². The molecule has 0 aliphatic heterocycles. The average molecular weight is 667 g/mol. The Morgan fingerprint density at radius 3 is 2.07 bits per heavy atom. The second-order valence-electron chi connectivity index (χ2n) is 10.9. The van der Waals surface area contributed by atoms with Crippen molar-refractivity contribution in [3.8, 4) is 0 Å². The first-order chi connectivity index (χ1) is 21.5. The highest BCUT2D eigenvalue weighted by Crippen LogP contribution is 2.28. The molecule has 0 aliphatic rings. The molecule has 0 radical (unpaired) electrons. The van der Waals surface area contributed by atoms with Crippen molar-refractivity contribution in [1.29, 1.82) is 0 Å². The zero-order chi connectivity index (χ0) is 32.6. The molecule has 0 saturated carbocycles. The number of sulfonamides is 1. The highest BCUT2D eigenvalue weighted by Gasteiger charge is 2.35. The molecular weight excluding hydrogens is 629 g/mol. The molecule has 45 heavy (non-hydrogen) atoms. The van der Waals surface area contributed by atoms with Crippen LogP contribution >= 0.6 is 23.2 Å². The molecule has 2 atom stereocenters. The number of nitrogens with one attached hydrogen (secondary N) is 1. The van der Waals surface area contributed by atoms with Gasteiger partial charge in [-0.2, -0.15) is 0 Å². The molecule has 4 aromatic carbocycles. The number of carbonyl (C=O) groups is 2. The number of rotatable bonds is 13. The van der Waals surface area contributed by atoms with Gasteiger partial charge in [-0.15, -0.1) is 0 Å². The average Bonchev–Trinajstić information content (AvgIpc) is 3.04. The van der Waals surface area contributed by atoms with Crippen molar-refractivity contribution < 1.29 is 18.0 Å². The Hall–Kier alpha value is -3.85. The van der Waals surface area contributed by atoms with Gasteiger partial charge in [-0.1, -0.05) is 103 Å². The summed E-state index contributed by atoms with van der Waals surface area (Å²) in [7, 11) is -4.17. The Morgan fingerprint density at radius 2 is 1.44 bits per heavy atom. The predicted octanol–water partition coefficient (Wildman–Crippen LogP) is 7.05. The van der Waals surface area contributed by atoms with Crippen molar-refractivity contribution in [1.82, 2.24) is 10.2 Å². The molecule has 4 aromatic rings. The molecule has 0 bridgehead atoms. The maximum atomic E-state index is 14.5. The number of hydrogen-bond donors (Lipinski definition) is 1. The van der Waals surface area contributed by atoms with Crippen LogP contribution in [0.5, 0.6) is 0 Å². The maximum absolute atomic E-state index is 14.5. The lowest BCUT2D eigenvalue weighted by molar-refractivity contribution is -0.140. The fourth-order valence-electron chi connectivity index (χ4n) is 4.91. The first kappa shape index (κ1) is 34.0. The second kappa shape index (κ2) is 15.4. The van der Waals surface area contributed by atoms with Crippen molar-refractivity contribution in [3.05, 3.63) is 130 Å². The van der Waals surface area contributed by atoms with Gasteiger partial charge < -0.3 is 10.2 Å². The van der Waals surface area contributed by atoms with E-state index in [1.165, 1.54) is 17.0 Å². The van der Waals surface area contributed by atoms with Crippen LogP contribution in [0.2, 0.25) is 10.0 Å². The summed E-state index contributed by atoms with van der Waals surface area (Å²) in [6, 6.07) is 28.3. The number of aryl methyl sites for hydroxylation is 1. The summed E-state index contributed by atoms with van der Waals surface area (Å²) in [4.78, 5) is 30.0. The fourth-order valence-corrected chi connectivity index (χ4v) is 6.73. The van der Waals surface area contributed by atoms with Crippen molar-refractivity contribution in [3.63, 3.8) is 0 Å². The molecule has 0 heterocycles. The number of para-hydroxylation sites is 1. The lowest BCUT2D eigenvalue weighted by atomic mass is 10.0. The quantitative estimate of drug-likeness (QED) is 0.166. The van der Waals surface area contributed by atoms with E-state index in [1.807, 2.05) is 44.2 Å². The molecule has 236 valence electrons. The molecule has 0 spiro atoms. The topological polar surface area (TPSA) is 86.8 Å². The third-order valence-corrected chi connectivity index (χ3v) is 10.1. The van der Waals surface area contributed by atoms with Gasteiger partial charge in [0, 0.05) is 19.0 Å². The molecule has 10 heteroatoms. The summed E-state index contributed by atoms with van der Waals surface area (Å²) < 4.78 is 29.3. The first-order valence-electron chi connectivity index (χ1n) is 14.7. The Morgan fingerprint density at radius 1 is 0.822 bits per heavy atom. The molecule has 7 nitrogen and oxygen atoms in total. The number of benzene rings is 4. The standard InChI is InChI=1S/C35H37Cl2N3O4S/c1-4-26(3)38-35(42)33(22-27-14-7-5-8-15-27)39(23-28-19-20-30(36)31(37)21-28)34(41)24-40(32-18-12-11-13-25(32)2)45(43,44)29-16-9-6-10-17-29/h5-21,26,33H,4,22-24H2,1-3H3,(H,38,42)/t26-,33+/m1/s1. The van der Waals surface area contributed by atoms with Crippen molar-refractivity contribution in [2.75, 3.05) is 10.8 Å². The zero-order valence-corrected chi connectivity index (χ0v) is 27.8. The van der Waals surface area contributed by atoms with Crippen LogP contribution in [0, 0.1) is 6.92 Å². The van der Waals surface area contributed by atoms with Crippen LogP contribution in [-0.4, -0.2) is 43.8 Å². The molecule has 1 N–H and O–H groups in total. The molecule has 0 saturated heterocycles. The Kier molecular flexibility index (Phi) is 11.7. The monoisotopic (exact) mass is 665 g/mol. The van der Waals surface area contributed by atoms with Crippen LogP contribution in [0.25, 0.3) is 0 Å². The van der Waals surface area contributed by atoms with E-state index in [2.05, 4.69) is 5.32 Å². The summed E-state index contributed by atoms with van der Waals surface area (Å²) in [5, 5.41) is 3.69. The van der Waals surface area contributed by atoms with E-state index in [0.29, 0.717) is 33.3 Å². The van der Waals surface area contributed by atoms with Gasteiger partial charge in [-0.25, -0.2) is 8.42 Å². The number of halogens is 2. The normalized spacial score (nSPS) is 12.6. The Bertz CT molecular complexity index is 1720. The van der Waals surface area contributed by atoms with Crippen LogP contribution in [-0.2, 0) is 32.6 Å². The van der Waals surface area contributed by atoms with Gasteiger partial charge in [0.05, 0.1) is 20.6 Å². The maximum Gasteiger partial charge on any atom is 0.264 e. The molecular formula is C35H37Cl2N3O4S. The number of amides is 2. The van der Waals surface area contributed by atoms with Crippen molar-refractivity contribution in [2.24, 2.45) is 0 Å². The second-order valence-corrected chi connectivity index (χ2v) is 13.6. The summed E-state index contributed by atoms with van der Waals surface area (Å²) >= 11 is 12.5. The third kappa shape index (κ3) is 8.66. The van der Waals surface area contributed by atoms with Gasteiger partial charge in [0.2, 0.25) is 11.8 Å². The van der Waals surface area contributed by atoms with Crippen LogP contribution in [0.1, 0.15) is 37.0 Å².